The number of aromatic amines is 1. The second-order valence-electron chi connectivity index (χ2n) is 4.47. The quantitative estimate of drug-likeness (QED) is 0.770. The molecule has 0 bridgehead atoms. The van der Waals surface area contributed by atoms with Gasteiger partial charge in [-0.2, -0.15) is 10.2 Å². The van der Waals surface area contributed by atoms with Gasteiger partial charge in [-0.3, -0.25) is 4.72 Å². The number of aryl methyl sites for hydroxylation is 2. The summed E-state index contributed by atoms with van der Waals surface area (Å²) < 4.78 is 19.8. The molecule has 1 unspecified atom stereocenters. The summed E-state index contributed by atoms with van der Waals surface area (Å²) in [6.45, 7) is 3.57. The number of H-pyrrole nitrogens is 1. The third kappa shape index (κ3) is 2.28. The zero-order chi connectivity index (χ0) is 15.0. The third-order valence-corrected chi connectivity index (χ3v) is 3.92. The van der Waals surface area contributed by atoms with Crippen LogP contribution in [0.25, 0.3) is 10.9 Å². The van der Waals surface area contributed by atoms with Crippen LogP contribution < -0.4 is 4.72 Å². The molecule has 0 aliphatic heterocycles. The first kappa shape index (κ1) is 13.3. The van der Waals surface area contributed by atoms with Crippen molar-refractivity contribution in [2.75, 3.05) is 4.72 Å². The molecule has 0 aliphatic carbocycles. The van der Waals surface area contributed by atoms with Crippen LogP contribution in [0.3, 0.4) is 0 Å². The molecule has 3 rings (SSSR count). The van der Waals surface area contributed by atoms with Crippen molar-refractivity contribution in [1.29, 1.82) is 5.26 Å². The fourth-order valence-corrected chi connectivity index (χ4v) is 2.87. The molecule has 0 saturated heterocycles. The van der Waals surface area contributed by atoms with Gasteiger partial charge < -0.3 is 9.51 Å². The molecular formula is C13H11N5O2S. The Bertz CT molecular complexity index is 890. The molecule has 2 N–H and O–H groups in total. The van der Waals surface area contributed by atoms with Crippen LogP contribution in [0.5, 0.6) is 0 Å². The number of fused-ring (bicyclic) bond motifs is 1. The van der Waals surface area contributed by atoms with E-state index in [9.17, 15) is 4.21 Å². The van der Waals surface area contributed by atoms with E-state index in [2.05, 4.69) is 25.9 Å². The van der Waals surface area contributed by atoms with Gasteiger partial charge in [0.1, 0.15) is 6.07 Å². The van der Waals surface area contributed by atoms with Gasteiger partial charge in [-0.1, -0.05) is 11.2 Å². The van der Waals surface area contributed by atoms with Gasteiger partial charge >= 0.3 is 5.22 Å². The minimum absolute atomic E-state index is 0.00767. The Hall–Kier alpha value is -2.66. The first-order chi connectivity index (χ1) is 10.1. The lowest BCUT2D eigenvalue weighted by Crippen LogP contribution is -2.05. The van der Waals surface area contributed by atoms with Crippen molar-refractivity contribution in [2.24, 2.45) is 0 Å². The lowest BCUT2D eigenvalue weighted by Gasteiger charge is -2.06. The molecule has 3 aromatic rings. The number of hydrogen-bond acceptors (Lipinski definition) is 5. The fourth-order valence-electron chi connectivity index (χ4n) is 2.09. The largest absolute Gasteiger partial charge is 0.358 e. The molecule has 21 heavy (non-hydrogen) atoms. The van der Waals surface area contributed by atoms with Crippen LogP contribution in [-0.4, -0.2) is 19.3 Å². The van der Waals surface area contributed by atoms with Crippen LogP contribution in [0.2, 0.25) is 0 Å². The third-order valence-electron chi connectivity index (χ3n) is 3.03. The van der Waals surface area contributed by atoms with Gasteiger partial charge in [-0.25, -0.2) is 4.21 Å². The molecule has 8 heteroatoms. The lowest BCUT2D eigenvalue weighted by atomic mass is 10.1. The standard InChI is InChI=1S/C13H11N5O2S/c1-7-3-4-10(12-11(7)9(5-14)6-15-12)18-21(19)13-16-8(2)17-20-13/h3-4,6,15,18H,1-2H3. The number of rotatable bonds is 3. The Kier molecular flexibility index (Phi) is 3.19. The molecule has 0 spiro atoms. The Morgan fingerprint density at radius 2 is 2.24 bits per heavy atom. The average molecular weight is 301 g/mol. The zero-order valence-electron chi connectivity index (χ0n) is 11.3. The Balaban J connectivity index is 2.02. The van der Waals surface area contributed by atoms with Crippen LogP contribution in [-0.2, 0) is 11.0 Å². The Labute approximate surface area is 122 Å². The normalized spacial score (nSPS) is 12.2. The molecule has 0 aliphatic rings. The second-order valence-corrected chi connectivity index (χ2v) is 5.56. The maximum absolute atomic E-state index is 12.2. The molecule has 0 amide bonds. The van der Waals surface area contributed by atoms with Crippen molar-refractivity contribution < 1.29 is 8.73 Å². The van der Waals surface area contributed by atoms with E-state index < -0.39 is 11.0 Å². The molecular weight excluding hydrogens is 290 g/mol. The summed E-state index contributed by atoms with van der Waals surface area (Å²) in [5.41, 5.74) is 2.83. The number of anilines is 1. The number of nitrogens with zero attached hydrogens (tertiary/aromatic N) is 3. The molecule has 106 valence electrons. The van der Waals surface area contributed by atoms with Crippen molar-refractivity contribution in [3.8, 4) is 6.07 Å². The summed E-state index contributed by atoms with van der Waals surface area (Å²) in [5.74, 6) is 0.417. The van der Waals surface area contributed by atoms with E-state index in [0.29, 0.717) is 17.1 Å². The van der Waals surface area contributed by atoms with Crippen LogP contribution in [0.1, 0.15) is 17.0 Å². The molecule has 0 radical (unpaired) electrons. The van der Waals surface area contributed by atoms with Gasteiger partial charge in [0, 0.05) is 11.6 Å². The van der Waals surface area contributed by atoms with Crippen molar-refractivity contribution >= 4 is 27.6 Å². The zero-order valence-corrected chi connectivity index (χ0v) is 12.1. The van der Waals surface area contributed by atoms with E-state index in [1.165, 1.54) is 0 Å². The predicted molar refractivity (Wildman–Crippen MR) is 76.8 cm³/mol. The van der Waals surface area contributed by atoms with E-state index in [-0.39, 0.29) is 5.22 Å². The highest BCUT2D eigenvalue weighted by atomic mass is 32.2. The van der Waals surface area contributed by atoms with Gasteiger partial charge in [0.05, 0.1) is 16.8 Å². The minimum atomic E-state index is -1.66. The van der Waals surface area contributed by atoms with Crippen LogP contribution in [0.4, 0.5) is 5.69 Å². The Morgan fingerprint density at radius 3 is 2.90 bits per heavy atom. The van der Waals surface area contributed by atoms with E-state index in [0.717, 1.165) is 16.5 Å². The smallest absolute Gasteiger partial charge is 0.336 e. The Morgan fingerprint density at radius 1 is 1.43 bits per heavy atom. The number of nitrogens with one attached hydrogen (secondary N) is 2. The molecule has 0 fully saturated rings. The van der Waals surface area contributed by atoms with Crippen molar-refractivity contribution in [1.82, 2.24) is 15.1 Å². The second kappa shape index (κ2) is 5.03. The highest BCUT2D eigenvalue weighted by molar-refractivity contribution is 7.86. The number of aromatic nitrogens is 3. The van der Waals surface area contributed by atoms with Crippen LogP contribution in [0, 0.1) is 25.2 Å². The molecule has 7 nitrogen and oxygen atoms in total. The maximum Gasteiger partial charge on any atom is 0.336 e. The summed E-state index contributed by atoms with van der Waals surface area (Å²) in [5, 5.41) is 13.5. The number of hydrogen-bond donors (Lipinski definition) is 2. The van der Waals surface area contributed by atoms with Gasteiger partial charge in [-0.05, 0) is 25.5 Å². The molecule has 1 aromatic carbocycles. The first-order valence-electron chi connectivity index (χ1n) is 6.09. The maximum atomic E-state index is 12.2. The van der Waals surface area contributed by atoms with Crippen LogP contribution in [0.15, 0.2) is 28.1 Å². The molecule has 1 atom stereocenters. The number of nitriles is 1. The fraction of sp³-hybridized carbons (Fsp3) is 0.154. The van der Waals surface area contributed by atoms with E-state index in [4.69, 9.17) is 9.78 Å². The summed E-state index contributed by atoms with van der Waals surface area (Å²) in [4.78, 5) is 6.95. The topological polar surface area (TPSA) is 108 Å². The predicted octanol–water partition coefficient (Wildman–Crippen LogP) is 2.17. The highest BCUT2D eigenvalue weighted by Gasteiger charge is 2.15. The van der Waals surface area contributed by atoms with Crippen LogP contribution >= 0.6 is 0 Å². The summed E-state index contributed by atoms with van der Waals surface area (Å²) in [6, 6.07) is 5.78. The van der Waals surface area contributed by atoms with Gasteiger partial charge in [0.25, 0.3) is 0 Å². The van der Waals surface area contributed by atoms with Crippen molar-refractivity contribution in [3.63, 3.8) is 0 Å². The number of benzene rings is 1. The van der Waals surface area contributed by atoms with E-state index in [1.54, 1.807) is 19.2 Å². The summed E-state index contributed by atoms with van der Waals surface area (Å²) >= 11 is 0. The van der Waals surface area contributed by atoms with E-state index in [1.807, 2.05) is 13.0 Å². The van der Waals surface area contributed by atoms with Gasteiger partial charge in [0.2, 0.25) is 11.0 Å². The van der Waals surface area contributed by atoms with Gasteiger partial charge in [-0.15, -0.1) is 0 Å². The van der Waals surface area contributed by atoms with E-state index >= 15 is 0 Å². The first-order valence-corrected chi connectivity index (χ1v) is 7.24. The minimum Gasteiger partial charge on any atom is -0.358 e. The molecule has 2 aromatic heterocycles. The van der Waals surface area contributed by atoms with Crippen molar-refractivity contribution in [2.45, 2.75) is 19.1 Å². The lowest BCUT2D eigenvalue weighted by molar-refractivity contribution is 0.334. The summed E-state index contributed by atoms with van der Waals surface area (Å²) in [6.07, 6.45) is 1.63. The SMILES string of the molecule is Cc1noc(S(=O)Nc2ccc(C)c3c(C#N)c[nH]c23)n1. The monoisotopic (exact) mass is 301 g/mol. The molecule has 2 heterocycles. The molecule has 0 saturated carbocycles. The van der Waals surface area contributed by atoms with Gasteiger partial charge in [0.15, 0.2) is 5.82 Å². The average Bonchev–Trinajstić information content (AvgIpc) is 3.08. The van der Waals surface area contributed by atoms with Crippen molar-refractivity contribution in [3.05, 3.63) is 35.3 Å². The summed E-state index contributed by atoms with van der Waals surface area (Å²) in [7, 11) is -1.66. The highest BCUT2D eigenvalue weighted by Crippen LogP contribution is 2.29.